The molecule has 0 radical (unpaired) electrons. The lowest BCUT2D eigenvalue weighted by Crippen LogP contribution is -2.33. The van der Waals surface area contributed by atoms with Gasteiger partial charge in [0.05, 0.1) is 18.9 Å². The highest BCUT2D eigenvalue weighted by molar-refractivity contribution is 5.72. The highest BCUT2D eigenvalue weighted by atomic mass is 16.4. The highest BCUT2D eigenvalue weighted by Crippen LogP contribution is 2.22. The number of carboxylic acids is 1. The van der Waals surface area contributed by atoms with E-state index in [9.17, 15) is 30.0 Å². The molecule has 22 heavy (non-hydrogen) atoms. The minimum Gasteiger partial charge on any atom is -0.503 e. The lowest BCUT2D eigenvalue weighted by molar-refractivity contribution is -0.142. The molecule has 0 spiro atoms. The van der Waals surface area contributed by atoms with E-state index in [2.05, 4.69) is 0 Å². The van der Waals surface area contributed by atoms with E-state index in [-0.39, 0.29) is 17.9 Å². The number of carbonyl (C=O) groups is 1. The molecule has 8 nitrogen and oxygen atoms in total. The lowest BCUT2D eigenvalue weighted by atomic mass is 10.1. The van der Waals surface area contributed by atoms with Gasteiger partial charge in [-0.2, -0.15) is 0 Å². The zero-order chi connectivity index (χ0) is 16.9. The minimum atomic E-state index is -1.39. The van der Waals surface area contributed by atoms with Crippen LogP contribution in [0.15, 0.2) is 10.9 Å². The summed E-state index contributed by atoms with van der Waals surface area (Å²) >= 11 is 0. The Bertz CT molecular complexity index is 579. The average molecular weight is 314 g/mol. The molecule has 0 bridgehead atoms. The first-order valence-electron chi connectivity index (χ1n) is 7.04. The highest BCUT2D eigenvalue weighted by Gasteiger charge is 2.26. The summed E-state index contributed by atoms with van der Waals surface area (Å²) in [5, 5.41) is 38.0. The maximum absolute atomic E-state index is 11.8. The molecule has 0 saturated heterocycles. The zero-order valence-corrected chi connectivity index (χ0v) is 12.7. The van der Waals surface area contributed by atoms with E-state index in [1.807, 2.05) is 18.7 Å². The Balaban J connectivity index is 3.58. The predicted molar refractivity (Wildman–Crippen MR) is 78.7 cm³/mol. The van der Waals surface area contributed by atoms with Crippen molar-refractivity contribution < 1.29 is 25.2 Å². The van der Waals surface area contributed by atoms with E-state index in [1.165, 1.54) is 0 Å². The van der Waals surface area contributed by atoms with Gasteiger partial charge >= 0.3 is 5.97 Å². The summed E-state index contributed by atoms with van der Waals surface area (Å²) in [5.74, 6) is -1.88. The molecule has 0 amide bonds. The van der Waals surface area contributed by atoms with E-state index in [0.29, 0.717) is 13.1 Å². The van der Waals surface area contributed by atoms with E-state index in [4.69, 9.17) is 0 Å². The maximum atomic E-state index is 11.8. The van der Waals surface area contributed by atoms with E-state index in [0.717, 1.165) is 10.6 Å². The van der Waals surface area contributed by atoms with Crippen molar-refractivity contribution in [2.45, 2.75) is 33.0 Å². The second kappa shape index (κ2) is 7.92. The number of aromatic nitrogens is 1. The quantitative estimate of drug-likeness (QED) is 0.510. The van der Waals surface area contributed by atoms with Crippen LogP contribution in [0.5, 0.6) is 5.75 Å². The van der Waals surface area contributed by atoms with Crippen molar-refractivity contribution in [2.75, 3.05) is 19.7 Å². The number of nitrogens with zero attached hydrogens (tertiary/aromatic N) is 2. The smallest absolute Gasteiger partial charge is 0.329 e. The van der Waals surface area contributed by atoms with Crippen LogP contribution in [-0.4, -0.2) is 55.6 Å². The topological polar surface area (TPSA) is 123 Å². The van der Waals surface area contributed by atoms with Gasteiger partial charge in [0.15, 0.2) is 11.8 Å². The molecule has 0 fully saturated rings. The van der Waals surface area contributed by atoms with Gasteiger partial charge in [0.2, 0.25) is 5.43 Å². The molecular weight excluding hydrogens is 292 g/mol. The third-order valence-electron chi connectivity index (χ3n) is 3.60. The van der Waals surface area contributed by atoms with Crippen LogP contribution < -0.4 is 5.43 Å². The molecule has 1 rings (SSSR count). The first-order chi connectivity index (χ1) is 10.4. The summed E-state index contributed by atoms with van der Waals surface area (Å²) in [5.41, 5.74) is -0.586. The Hall–Kier alpha value is -1.90. The van der Waals surface area contributed by atoms with Gasteiger partial charge in [-0.05, 0) is 13.1 Å². The van der Waals surface area contributed by atoms with Crippen molar-refractivity contribution in [1.29, 1.82) is 0 Å². The Morgan fingerprint density at radius 2 is 1.91 bits per heavy atom. The number of aromatic hydroxyl groups is 1. The molecular formula is C14H22N2O6. The van der Waals surface area contributed by atoms with E-state index in [1.54, 1.807) is 0 Å². The number of carboxylic acid groups (broad SMARTS) is 1. The molecule has 0 aliphatic rings. The average Bonchev–Trinajstić information content (AvgIpc) is 2.50. The van der Waals surface area contributed by atoms with Crippen molar-refractivity contribution in [2.24, 2.45) is 0 Å². The molecule has 1 aromatic rings. The Morgan fingerprint density at radius 3 is 2.32 bits per heavy atom. The molecule has 4 N–H and O–H groups in total. The third-order valence-corrected chi connectivity index (χ3v) is 3.60. The monoisotopic (exact) mass is 314 g/mol. The van der Waals surface area contributed by atoms with Crippen molar-refractivity contribution in [1.82, 2.24) is 9.47 Å². The van der Waals surface area contributed by atoms with Crippen LogP contribution in [0.4, 0.5) is 0 Å². The summed E-state index contributed by atoms with van der Waals surface area (Å²) in [7, 11) is 0. The fourth-order valence-corrected chi connectivity index (χ4v) is 2.31. The van der Waals surface area contributed by atoms with Crippen LogP contribution in [-0.2, 0) is 17.9 Å². The summed E-state index contributed by atoms with van der Waals surface area (Å²) in [6, 6.07) is -0.411. The lowest BCUT2D eigenvalue weighted by Gasteiger charge is -2.26. The SMILES string of the molecule is CCN(CC)Cc1c(O)c(=O)cc(CO)n1C(CO)C(=O)O. The van der Waals surface area contributed by atoms with Crippen LogP contribution in [0.1, 0.15) is 31.3 Å². The molecule has 8 heteroatoms. The van der Waals surface area contributed by atoms with Gasteiger partial charge in [-0.15, -0.1) is 0 Å². The van der Waals surface area contributed by atoms with Gasteiger partial charge in [0.25, 0.3) is 0 Å². The summed E-state index contributed by atoms with van der Waals surface area (Å²) in [4.78, 5) is 25.0. The fraction of sp³-hybridized carbons (Fsp3) is 0.571. The Kier molecular flexibility index (Phi) is 6.54. The second-order valence-electron chi connectivity index (χ2n) is 4.82. The van der Waals surface area contributed by atoms with Crippen molar-refractivity contribution in [3.63, 3.8) is 0 Å². The molecule has 1 unspecified atom stereocenters. The van der Waals surface area contributed by atoms with Crippen LogP contribution in [0.2, 0.25) is 0 Å². The van der Waals surface area contributed by atoms with Gasteiger partial charge in [0, 0.05) is 18.3 Å². The van der Waals surface area contributed by atoms with Crippen molar-refractivity contribution in [3.05, 3.63) is 27.7 Å². The van der Waals surface area contributed by atoms with Gasteiger partial charge in [-0.3, -0.25) is 9.69 Å². The van der Waals surface area contributed by atoms with Crippen molar-refractivity contribution in [3.8, 4) is 5.75 Å². The van der Waals surface area contributed by atoms with Gasteiger partial charge in [-0.1, -0.05) is 13.8 Å². The van der Waals surface area contributed by atoms with Gasteiger partial charge in [-0.25, -0.2) is 4.79 Å². The summed E-state index contributed by atoms with van der Waals surface area (Å²) in [6.45, 7) is 3.86. The Morgan fingerprint density at radius 1 is 1.32 bits per heavy atom. The normalized spacial score (nSPS) is 12.6. The molecule has 0 aliphatic heterocycles. The predicted octanol–water partition coefficient (Wildman–Crippen LogP) is -0.494. The molecule has 124 valence electrons. The number of aliphatic carboxylic acids is 1. The number of aliphatic hydroxyl groups excluding tert-OH is 2. The zero-order valence-electron chi connectivity index (χ0n) is 12.7. The number of hydrogen-bond acceptors (Lipinski definition) is 6. The van der Waals surface area contributed by atoms with E-state index >= 15 is 0 Å². The molecule has 1 heterocycles. The van der Waals surface area contributed by atoms with Crippen LogP contribution in [0.25, 0.3) is 0 Å². The van der Waals surface area contributed by atoms with Crippen LogP contribution in [0.3, 0.4) is 0 Å². The van der Waals surface area contributed by atoms with E-state index < -0.39 is 36.4 Å². The molecule has 0 aromatic carbocycles. The first-order valence-corrected chi connectivity index (χ1v) is 7.04. The second-order valence-corrected chi connectivity index (χ2v) is 4.82. The van der Waals surface area contributed by atoms with Crippen molar-refractivity contribution >= 4 is 5.97 Å². The molecule has 1 aromatic heterocycles. The number of aliphatic hydroxyl groups is 2. The number of rotatable bonds is 8. The molecule has 0 aliphatic carbocycles. The minimum absolute atomic E-state index is 0.0337. The first kappa shape index (κ1) is 18.1. The standard InChI is InChI=1S/C14H22N2O6/c1-3-15(4-2)6-10-13(20)12(19)5-9(7-17)16(10)11(8-18)14(21)22/h5,11,17-18,20H,3-4,6-8H2,1-2H3,(H,21,22). The summed E-state index contributed by atoms with van der Waals surface area (Å²) < 4.78 is 1.12. The summed E-state index contributed by atoms with van der Waals surface area (Å²) in [6.07, 6.45) is 0. The van der Waals surface area contributed by atoms with Crippen LogP contribution >= 0.6 is 0 Å². The molecule has 1 atom stereocenters. The fourth-order valence-electron chi connectivity index (χ4n) is 2.31. The maximum Gasteiger partial charge on any atom is 0.329 e. The Labute approximate surface area is 127 Å². The largest absolute Gasteiger partial charge is 0.503 e. The molecule has 0 saturated carbocycles. The third kappa shape index (κ3) is 3.65. The number of hydrogen-bond donors (Lipinski definition) is 4. The van der Waals surface area contributed by atoms with Crippen LogP contribution in [0, 0.1) is 0 Å². The van der Waals surface area contributed by atoms with Gasteiger partial charge < -0.3 is 25.0 Å². The number of pyridine rings is 1. The van der Waals surface area contributed by atoms with Gasteiger partial charge in [0.1, 0.15) is 0 Å².